The van der Waals surface area contributed by atoms with Gasteiger partial charge in [-0.2, -0.15) is 0 Å². The number of aryl methyl sites for hydroxylation is 1. The number of thiazole rings is 6. The Morgan fingerprint density at radius 3 is 2.10 bits per heavy atom. The van der Waals surface area contributed by atoms with Crippen molar-refractivity contribution in [3.8, 4) is 43.4 Å². The summed E-state index contributed by atoms with van der Waals surface area (Å²) in [6.07, 6.45) is 0.898. The maximum Gasteiger partial charge on any atom is 0.323 e. The Labute approximate surface area is 528 Å². The molecule has 10 bridgehead atoms. The molecule has 458 valence electrons. The molecule has 8 heterocycles. The van der Waals surface area contributed by atoms with E-state index in [4.69, 9.17) is 39.6 Å². The normalized spacial score (nSPS) is 18.8. The molecular formula is C59H60N12O11S6. The molecule has 5 amide bonds. The summed E-state index contributed by atoms with van der Waals surface area (Å²) in [5, 5.41) is 40.4. The Kier molecular flexibility index (Phi) is 19.8. The summed E-state index contributed by atoms with van der Waals surface area (Å²) >= 11 is 7.33. The van der Waals surface area contributed by atoms with Gasteiger partial charge in [0.2, 0.25) is 17.7 Å². The molecule has 4 atom stereocenters. The molecular weight excluding hydrogens is 1250 g/mol. The minimum Gasteiger partial charge on any atom is -0.481 e. The number of nitrogens with one attached hydrogen (secondary N) is 4. The third-order valence-electron chi connectivity index (χ3n) is 15.2. The van der Waals surface area contributed by atoms with E-state index in [2.05, 4.69) is 21.3 Å². The van der Waals surface area contributed by atoms with E-state index in [0.717, 1.165) is 33.1 Å². The number of aliphatic carboxylic acids is 2. The van der Waals surface area contributed by atoms with E-state index in [-0.39, 0.29) is 85.7 Å². The van der Waals surface area contributed by atoms with Crippen LogP contribution in [0.3, 0.4) is 0 Å². The van der Waals surface area contributed by atoms with Gasteiger partial charge >= 0.3 is 11.9 Å². The molecule has 23 nitrogen and oxygen atoms in total. The van der Waals surface area contributed by atoms with Crippen molar-refractivity contribution in [3.05, 3.63) is 111 Å². The molecule has 2 aliphatic rings. The van der Waals surface area contributed by atoms with Gasteiger partial charge in [0.05, 0.1) is 53.2 Å². The monoisotopic (exact) mass is 1300 g/mol. The molecule has 1 aliphatic heterocycles. The lowest BCUT2D eigenvalue weighted by atomic mass is 9.81. The predicted octanol–water partition coefficient (Wildman–Crippen LogP) is 9.58. The van der Waals surface area contributed by atoms with Crippen LogP contribution in [0.15, 0.2) is 64.0 Å². The Bertz CT molecular complexity index is 3940. The number of fused-ring (bicyclic) bond motifs is 14. The first-order valence-electron chi connectivity index (χ1n) is 28.0. The second-order valence-electron chi connectivity index (χ2n) is 21.5. The number of aromatic nitrogens is 7. The third-order valence-corrected chi connectivity index (χ3v) is 21.0. The highest BCUT2D eigenvalue weighted by Crippen LogP contribution is 2.42. The van der Waals surface area contributed by atoms with Crippen LogP contribution in [0.25, 0.3) is 43.4 Å². The van der Waals surface area contributed by atoms with Crippen molar-refractivity contribution in [2.45, 2.75) is 96.7 Å². The van der Waals surface area contributed by atoms with Crippen LogP contribution in [-0.4, -0.2) is 120 Å². The Hall–Kier alpha value is -7.93. The van der Waals surface area contributed by atoms with E-state index < -0.39 is 84.4 Å². The van der Waals surface area contributed by atoms with Gasteiger partial charge in [-0.25, -0.2) is 34.9 Å². The molecule has 0 radical (unpaired) electrons. The fourth-order valence-corrected chi connectivity index (χ4v) is 16.1. The van der Waals surface area contributed by atoms with Gasteiger partial charge in [-0.05, 0) is 56.2 Å². The number of carboxylic acid groups (broad SMARTS) is 2. The Morgan fingerprint density at radius 2 is 1.39 bits per heavy atom. The molecule has 0 spiro atoms. The number of ketones is 1. The molecule has 6 N–H and O–H groups in total. The standard InChI is InChI=1S/C59H60N12O11S6/c1-27(2)34-18-40(72)47-29(4)87-56(69-47)36(19-43(73)60-5)63-50(77)38-24-83-52(65-38)33-16-17-35(54-67-42(26-86-54)71(21-45(75)76)58(79)31-12-14-32(15-13-31)59(80)81)62-48(33)37-23-84-55(64-37)39-25-85-57(66-39)46(28(3)30-10-8-7-9-11-30)68-44(74)20-61-51(78)49-41(22-82-6)88-53(34)70-49/h7-11,16-17,23-28,31-32,34,36,46H,12-15,18-22H2,1-6H3,(H,60,73)(H,61,78)(H,63,77)(H,68,74)(H,75,76)(H,80,81)/t28-,31?,32?,34?,36-,46-/m0/s1. The topological polar surface area (TPSA) is 328 Å². The van der Waals surface area contributed by atoms with Gasteiger partial charge in [-0.3, -0.25) is 43.3 Å². The van der Waals surface area contributed by atoms with Gasteiger partial charge in [0, 0.05) is 70.3 Å². The average molecular weight is 1310 g/mol. The highest BCUT2D eigenvalue weighted by Gasteiger charge is 2.36. The molecule has 1 saturated carbocycles. The first-order chi connectivity index (χ1) is 42.3. The largest absolute Gasteiger partial charge is 0.481 e. The zero-order valence-corrected chi connectivity index (χ0v) is 53.3. The summed E-state index contributed by atoms with van der Waals surface area (Å²) in [6.45, 7) is 6.59. The van der Waals surface area contributed by atoms with E-state index in [9.17, 15) is 48.6 Å². The molecule has 29 heteroatoms. The molecule has 1 fully saturated rings. The number of amides is 5. The number of Topliss-reactive ketones (excluding diaryl/α,β-unsaturated/α-hetero) is 1. The van der Waals surface area contributed by atoms with E-state index >= 15 is 0 Å². The molecule has 7 aromatic heterocycles. The minimum atomic E-state index is -1.26. The van der Waals surface area contributed by atoms with Crippen molar-refractivity contribution in [2.75, 3.05) is 32.1 Å². The Morgan fingerprint density at radius 1 is 0.705 bits per heavy atom. The second kappa shape index (κ2) is 27.6. The average Bonchev–Trinajstić information content (AvgIpc) is 2.82. The fourth-order valence-electron chi connectivity index (χ4n) is 10.4. The summed E-state index contributed by atoms with van der Waals surface area (Å²) in [7, 11) is 2.97. The summed E-state index contributed by atoms with van der Waals surface area (Å²) in [6, 6.07) is 11.4. The maximum absolute atomic E-state index is 14.4. The first kappa shape index (κ1) is 63.1. The lowest BCUT2D eigenvalue weighted by molar-refractivity contribution is -0.144. The number of ether oxygens (including phenoxy) is 1. The van der Waals surface area contributed by atoms with E-state index in [1.54, 1.807) is 35.2 Å². The van der Waals surface area contributed by atoms with Gasteiger partial charge < -0.3 is 36.2 Å². The van der Waals surface area contributed by atoms with Crippen molar-refractivity contribution < 1.29 is 53.3 Å². The third kappa shape index (κ3) is 14.1. The zero-order valence-electron chi connectivity index (χ0n) is 48.4. The summed E-state index contributed by atoms with van der Waals surface area (Å²) in [5.74, 6) is -7.05. The minimum absolute atomic E-state index is 0.0131. The number of anilines is 1. The van der Waals surface area contributed by atoms with Crippen LogP contribution in [0.5, 0.6) is 0 Å². The van der Waals surface area contributed by atoms with Gasteiger partial charge in [-0.15, -0.1) is 68.0 Å². The smallest absolute Gasteiger partial charge is 0.323 e. The number of rotatable bonds is 13. The van der Waals surface area contributed by atoms with E-state index in [1.165, 1.54) is 59.5 Å². The van der Waals surface area contributed by atoms with Crippen LogP contribution in [0.4, 0.5) is 5.82 Å². The van der Waals surface area contributed by atoms with Crippen LogP contribution < -0.4 is 26.2 Å². The van der Waals surface area contributed by atoms with Gasteiger partial charge in [0.1, 0.15) is 71.6 Å². The SMILES string of the molecule is CNC(=O)C[C@@H]1NC(=O)c2csc(n2)-c2ccc(-c3nc(N(CC(=O)O)C(=O)C4CCC(C(=O)O)CC4)cs3)nc2-c2csc(n2)-c2csc(n2)[C@H]([C@@H](C)c2ccccc2)NC(=O)CNC(=O)c2nc(sc2COC)C(C(C)C)CC(=O)c2nc1sc2C. The van der Waals surface area contributed by atoms with Gasteiger partial charge in [0.15, 0.2) is 5.78 Å². The van der Waals surface area contributed by atoms with Crippen LogP contribution in [-0.2, 0) is 35.3 Å². The van der Waals surface area contributed by atoms with Crippen LogP contribution in [0.2, 0.25) is 0 Å². The molecule has 10 rings (SSSR count). The Balaban J connectivity index is 1.05. The molecule has 88 heavy (non-hydrogen) atoms. The molecule has 1 aliphatic carbocycles. The number of pyridine rings is 1. The number of methoxy groups -OCH3 is 1. The maximum atomic E-state index is 14.4. The zero-order chi connectivity index (χ0) is 62.5. The number of nitrogens with zero attached hydrogens (tertiary/aromatic N) is 8. The number of hydrogen-bond acceptors (Lipinski definition) is 22. The van der Waals surface area contributed by atoms with Crippen molar-refractivity contribution in [1.29, 1.82) is 0 Å². The molecule has 8 aromatic rings. The van der Waals surface area contributed by atoms with Crippen LogP contribution >= 0.6 is 68.0 Å². The van der Waals surface area contributed by atoms with Gasteiger partial charge in [-0.1, -0.05) is 51.1 Å². The van der Waals surface area contributed by atoms with Crippen molar-refractivity contribution in [3.63, 3.8) is 0 Å². The molecule has 1 aromatic carbocycles. The number of carboxylic acids is 2. The highest BCUT2D eigenvalue weighted by atomic mass is 32.1. The molecule has 0 saturated heterocycles. The van der Waals surface area contributed by atoms with Crippen molar-refractivity contribution in [2.24, 2.45) is 17.8 Å². The fraction of sp³-hybridized carbons (Fsp3) is 0.373. The first-order valence-corrected chi connectivity index (χ1v) is 33.2. The van der Waals surface area contributed by atoms with Crippen LogP contribution in [0, 0.1) is 24.7 Å². The quantitative estimate of drug-likeness (QED) is 0.0625. The lowest BCUT2D eigenvalue weighted by Gasteiger charge is -2.29. The number of benzene rings is 1. The van der Waals surface area contributed by atoms with E-state index in [1.807, 2.05) is 56.5 Å². The summed E-state index contributed by atoms with van der Waals surface area (Å²) in [4.78, 5) is 144. The predicted molar refractivity (Wildman–Crippen MR) is 335 cm³/mol. The van der Waals surface area contributed by atoms with Crippen molar-refractivity contribution in [1.82, 2.24) is 56.2 Å². The lowest BCUT2D eigenvalue weighted by Crippen LogP contribution is -2.41. The van der Waals surface area contributed by atoms with Gasteiger partial charge in [0.25, 0.3) is 11.8 Å². The summed E-state index contributed by atoms with van der Waals surface area (Å²) < 4.78 is 5.50. The number of carbonyl (C=O) groups excluding carboxylic acids is 6. The molecule has 1 unspecified atom stereocenters. The summed E-state index contributed by atoms with van der Waals surface area (Å²) in [5.41, 5.74) is 3.20. The number of hydrogen-bond donors (Lipinski definition) is 6. The number of carbonyl (C=O) groups is 8. The van der Waals surface area contributed by atoms with E-state index in [0.29, 0.717) is 68.1 Å². The second-order valence-corrected chi connectivity index (χ2v) is 27.3. The highest BCUT2D eigenvalue weighted by molar-refractivity contribution is 7.15. The van der Waals surface area contributed by atoms with Crippen LogP contribution in [0.1, 0.15) is 145 Å². The van der Waals surface area contributed by atoms with Crippen molar-refractivity contribution >= 4 is 121 Å².